The average molecular weight is 291 g/mol. The summed E-state index contributed by atoms with van der Waals surface area (Å²) < 4.78 is 0. The molecule has 1 N–H and O–H groups in total. The second-order valence-corrected chi connectivity index (χ2v) is 6.53. The van der Waals surface area contributed by atoms with Crippen LogP contribution in [0, 0.1) is 5.92 Å². The average Bonchev–Trinajstić information content (AvgIpc) is 2.78. The summed E-state index contributed by atoms with van der Waals surface area (Å²) in [5.74, 6) is 0.0928. The second-order valence-electron chi connectivity index (χ2n) is 6.53. The van der Waals surface area contributed by atoms with Crippen LogP contribution in [0.1, 0.15) is 84.0 Å². The van der Waals surface area contributed by atoms with Gasteiger partial charge < -0.3 is 0 Å². The van der Waals surface area contributed by atoms with Gasteiger partial charge >= 0.3 is 0 Å². The molecule has 0 fully saturated rings. The molecule has 1 heterocycles. The van der Waals surface area contributed by atoms with Crippen LogP contribution in [0.4, 0.5) is 0 Å². The van der Waals surface area contributed by atoms with Gasteiger partial charge in [-0.25, -0.2) is 0 Å². The summed E-state index contributed by atoms with van der Waals surface area (Å²) in [6.45, 7) is 2.25. The van der Waals surface area contributed by atoms with E-state index < -0.39 is 0 Å². The minimum atomic E-state index is -0.129. The molecule has 1 unspecified atom stereocenters. The Balaban J connectivity index is 1.67. The van der Waals surface area contributed by atoms with Gasteiger partial charge in [-0.15, -0.1) is 0 Å². The summed E-state index contributed by atoms with van der Waals surface area (Å²) in [6.07, 6.45) is 14.5. The molecule has 0 saturated carbocycles. The van der Waals surface area contributed by atoms with Crippen LogP contribution in [0.5, 0.6) is 0 Å². The highest BCUT2D eigenvalue weighted by Crippen LogP contribution is 2.36. The van der Waals surface area contributed by atoms with Crippen LogP contribution in [0.15, 0.2) is 11.1 Å². The monoisotopic (exact) mass is 291 g/mol. The first-order chi connectivity index (χ1) is 10.2. The predicted molar refractivity (Wildman–Crippen MR) is 84.7 cm³/mol. The second kappa shape index (κ2) is 8.35. The molecule has 1 aliphatic heterocycles. The van der Waals surface area contributed by atoms with E-state index in [-0.39, 0.29) is 11.8 Å². The van der Waals surface area contributed by atoms with Crippen molar-refractivity contribution in [2.75, 3.05) is 0 Å². The fourth-order valence-corrected chi connectivity index (χ4v) is 3.67. The topological polar surface area (TPSA) is 46.2 Å². The van der Waals surface area contributed by atoms with E-state index in [2.05, 4.69) is 12.2 Å². The number of amides is 2. The number of hydrogen-bond acceptors (Lipinski definition) is 2. The van der Waals surface area contributed by atoms with E-state index in [9.17, 15) is 9.59 Å². The Morgan fingerprint density at radius 2 is 1.62 bits per heavy atom. The van der Waals surface area contributed by atoms with E-state index in [0.29, 0.717) is 5.92 Å². The van der Waals surface area contributed by atoms with Crippen molar-refractivity contribution in [3.8, 4) is 0 Å². The highest BCUT2D eigenvalue weighted by Gasteiger charge is 2.36. The molecule has 0 aromatic rings. The van der Waals surface area contributed by atoms with Gasteiger partial charge in [0.1, 0.15) is 0 Å². The fraction of sp³-hybridized carbons (Fsp3) is 0.778. The van der Waals surface area contributed by atoms with Gasteiger partial charge in [0.25, 0.3) is 11.8 Å². The van der Waals surface area contributed by atoms with Gasteiger partial charge in [0.15, 0.2) is 0 Å². The summed E-state index contributed by atoms with van der Waals surface area (Å²) in [7, 11) is 0. The number of unbranched alkanes of at least 4 members (excludes halogenated alkanes) is 7. The third-order valence-electron chi connectivity index (χ3n) is 4.86. The zero-order valence-electron chi connectivity index (χ0n) is 13.4. The maximum atomic E-state index is 11.9. The largest absolute Gasteiger partial charge is 0.289 e. The number of nitrogens with one attached hydrogen (secondary N) is 1. The van der Waals surface area contributed by atoms with Gasteiger partial charge in [-0.05, 0) is 31.6 Å². The Labute approximate surface area is 128 Å². The maximum absolute atomic E-state index is 11.9. The normalized spacial score (nSPS) is 21.7. The Kier molecular flexibility index (Phi) is 6.47. The molecule has 0 bridgehead atoms. The predicted octanol–water partition coefficient (Wildman–Crippen LogP) is 4.27. The lowest BCUT2D eigenvalue weighted by Crippen LogP contribution is -2.24. The van der Waals surface area contributed by atoms with Crippen molar-refractivity contribution in [2.24, 2.45) is 5.92 Å². The molecule has 0 aromatic heterocycles. The molecule has 3 heteroatoms. The van der Waals surface area contributed by atoms with Crippen LogP contribution in [-0.4, -0.2) is 11.8 Å². The number of carbonyl (C=O) groups is 2. The highest BCUT2D eigenvalue weighted by molar-refractivity contribution is 6.19. The van der Waals surface area contributed by atoms with Gasteiger partial charge in [-0.1, -0.05) is 58.3 Å². The molecule has 1 aliphatic carbocycles. The van der Waals surface area contributed by atoms with E-state index in [0.717, 1.165) is 36.8 Å². The molecule has 3 nitrogen and oxygen atoms in total. The smallest absolute Gasteiger partial charge is 0.254 e. The summed E-state index contributed by atoms with van der Waals surface area (Å²) in [5, 5.41) is 2.47. The molecule has 118 valence electrons. The number of hydrogen-bond donors (Lipinski definition) is 1. The van der Waals surface area contributed by atoms with Gasteiger partial charge in [-0.3, -0.25) is 14.9 Å². The van der Waals surface area contributed by atoms with E-state index in [1.165, 1.54) is 51.4 Å². The molecule has 2 amide bonds. The SMILES string of the molecule is CCCCCCCCCCC1CCCC2=C1C(=O)NC2=O. The Morgan fingerprint density at radius 1 is 0.952 bits per heavy atom. The van der Waals surface area contributed by atoms with Crippen molar-refractivity contribution in [1.29, 1.82) is 0 Å². The first-order valence-electron chi connectivity index (χ1n) is 8.82. The first-order valence-corrected chi connectivity index (χ1v) is 8.82. The lowest BCUT2D eigenvalue weighted by Gasteiger charge is -2.22. The molecule has 21 heavy (non-hydrogen) atoms. The Bertz CT molecular complexity index is 411. The Hall–Kier alpha value is -1.12. The van der Waals surface area contributed by atoms with Crippen LogP contribution >= 0.6 is 0 Å². The molecule has 0 spiro atoms. The van der Waals surface area contributed by atoms with E-state index in [1.54, 1.807) is 0 Å². The number of carbonyl (C=O) groups excluding carboxylic acids is 2. The summed E-state index contributed by atoms with van der Waals surface area (Å²) >= 11 is 0. The van der Waals surface area contributed by atoms with Crippen LogP contribution in [-0.2, 0) is 9.59 Å². The van der Waals surface area contributed by atoms with Crippen molar-refractivity contribution in [3.63, 3.8) is 0 Å². The van der Waals surface area contributed by atoms with Crippen LogP contribution < -0.4 is 5.32 Å². The standard InChI is InChI=1S/C18H29NO2/c1-2-3-4-5-6-7-8-9-11-14-12-10-13-15-16(14)18(21)19-17(15)20/h14H,2-13H2,1H3,(H,19,20,21). The van der Waals surface area contributed by atoms with Crippen LogP contribution in [0.25, 0.3) is 0 Å². The fourth-order valence-electron chi connectivity index (χ4n) is 3.67. The van der Waals surface area contributed by atoms with E-state index in [1.807, 2.05) is 0 Å². The zero-order valence-corrected chi connectivity index (χ0v) is 13.4. The third kappa shape index (κ3) is 4.42. The van der Waals surface area contributed by atoms with Crippen molar-refractivity contribution in [3.05, 3.63) is 11.1 Å². The lowest BCUT2D eigenvalue weighted by molar-refractivity contribution is -0.124. The van der Waals surface area contributed by atoms with Crippen molar-refractivity contribution in [1.82, 2.24) is 5.32 Å². The molecular formula is C18H29NO2. The van der Waals surface area contributed by atoms with Crippen molar-refractivity contribution in [2.45, 2.75) is 84.0 Å². The molecule has 0 radical (unpaired) electrons. The molecule has 2 aliphatic rings. The molecular weight excluding hydrogens is 262 g/mol. The zero-order chi connectivity index (χ0) is 15.1. The van der Waals surface area contributed by atoms with Gasteiger partial charge in [0.05, 0.1) is 0 Å². The third-order valence-corrected chi connectivity index (χ3v) is 4.86. The number of imide groups is 1. The molecule has 1 atom stereocenters. The van der Waals surface area contributed by atoms with E-state index >= 15 is 0 Å². The molecule has 2 rings (SSSR count). The summed E-state index contributed by atoms with van der Waals surface area (Å²) in [6, 6.07) is 0. The van der Waals surface area contributed by atoms with Gasteiger partial charge in [-0.2, -0.15) is 0 Å². The first kappa shape index (κ1) is 16.3. The quantitative estimate of drug-likeness (QED) is 0.509. The van der Waals surface area contributed by atoms with Crippen molar-refractivity contribution < 1.29 is 9.59 Å². The molecule has 0 aromatic carbocycles. The highest BCUT2D eigenvalue weighted by atomic mass is 16.2. The lowest BCUT2D eigenvalue weighted by atomic mass is 9.81. The summed E-state index contributed by atoms with van der Waals surface area (Å²) in [5.41, 5.74) is 1.62. The van der Waals surface area contributed by atoms with E-state index in [4.69, 9.17) is 0 Å². The Morgan fingerprint density at radius 3 is 2.33 bits per heavy atom. The minimum Gasteiger partial charge on any atom is -0.289 e. The van der Waals surface area contributed by atoms with Gasteiger partial charge in [0.2, 0.25) is 0 Å². The number of rotatable bonds is 9. The van der Waals surface area contributed by atoms with Gasteiger partial charge in [0, 0.05) is 11.1 Å². The van der Waals surface area contributed by atoms with Crippen LogP contribution in [0.3, 0.4) is 0 Å². The molecule has 0 saturated heterocycles. The van der Waals surface area contributed by atoms with Crippen LogP contribution in [0.2, 0.25) is 0 Å². The summed E-state index contributed by atoms with van der Waals surface area (Å²) in [4.78, 5) is 23.6. The minimum absolute atomic E-state index is 0.112. The van der Waals surface area contributed by atoms with Crippen molar-refractivity contribution >= 4 is 11.8 Å². The maximum Gasteiger partial charge on any atom is 0.254 e.